The number of halogens is 1. The van der Waals surface area contributed by atoms with Crippen LogP contribution >= 0.6 is 11.6 Å². The number of nitrogens with zero attached hydrogens (tertiary/aromatic N) is 2. The van der Waals surface area contributed by atoms with Crippen LogP contribution in [0.25, 0.3) is 11.3 Å². The zero-order valence-electron chi connectivity index (χ0n) is 19.2. The zero-order valence-corrected chi connectivity index (χ0v) is 19.9. The molecule has 0 aliphatic heterocycles. The van der Waals surface area contributed by atoms with E-state index >= 15 is 0 Å². The number of aromatic nitrogens is 2. The molecule has 2 aromatic carbocycles. The Morgan fingerprint density at radius 1 is 1.06 bits per heavy atom. The van der Waals surface area contributed by atoms with Gasteiger partial charge in [-0.15, -0.1) is 0 Å². The molecule has 172 valence electrons. The Bertz CT molecular complexity index is 1140. The smallest absolute Gasteiger partial charge is 0.332 e. The van der Waals surface area contributed by atoms with Crippen molar-refractivity contribution in [1.29, 1.82) is 0 Å². The molecule has 0 atom stereocenters. The van der Waals surface area contributed by atoms with Crippen molar-refractivity contribution in [2.75, 3.05) is 12.6 Å². The first-order chi connectivity index (χ1) is 16.0. The first kappa shape index (κ1) is 23.1. The molecule has 0 saturated heterocycles. The highest BCUT2D eigenvalue weighted by molar-refractivity contribution is 6.33. The molecule has 4 rings (SSSR count). The van der Waals surface area contributed by atoms with Gasteiger partial charge in [-0.2, -0.15) is 5.48 Å². The molecule has 33 heavy (non-hydrogen) atoms. The fraction of sp³-hybridized carbons (Fsp3) is 0.346. The predicted octanol–water partition coefficient (Wildman–Crippen LogP) is 5.61. The van der Waals surface area contributed by atoms with E-state index in [0.29, 0.717) is 41.5 Å². The van der Waals surface area contributed by atoms with Crippen molar-refractivity contribution in [3.63, 3.8) is 0 Å². The molecule has 0 bridgehead atoms. The van der Waals surface area contributed by atoms with E-state index in [2.05, 4.69) is 17.6 Å². The van der Waals surface area contributed by atoms with E-state index in [0.717, 1.165) is 29.8 Å². The number of carbonyl (C=O) groups excluding carboxylic acids is 1. The maximum atomic E-state index is 12.5. The van der Waals surface area contributed by atoms with Gasteiger partial charge in [-0.3, -0.25) is 0 Å². The van der Waals surface area contributed by atoms with E-state index < -0.39 is 0 Å². The fourth-order valence-corrected chi connectivity index (χ4v) is 4.55. The van der Waals surface area contributed by atoms with Gasteiger partial charge in [-0.05, 0) is 60.9 Å². The number of ether oxygens (including phenoxy) is 1. The second-order valence-electron chi connectivity index (χ2n) is 8.19. The van der Waals surface area contributed by atoms with Crippen molar-refractivity contribution < 1.29 is 14.4 Å². The number of rotatable bonds is 8. The average Bonchev–Trinajstić information content (AvgIpc) is 3.24. The average molecular weight is 466 g/mol. The van der Waals surface area contributed by atoms with Gasteiger partial charge in [0.2, 0.25) is 0 Å². The number of carbonyl (C=O) groups is 1. The molecule has 3 aromatic rings. The summed E-state index contributed by atoms with van der Waals surface area (Å²) >= 11 is 6.49. The second kappa shape index (κ2) is 10.2. The molecular formula is C26H28ClN3O3. The maximum absolute atomic E-state index is 12.5. The predicted molar refractivity (Wildman–Crippen MR) is 129 cm³/mol. The molecule has 6 nitrogen and oxygen atoms in total. The van der Waals surface area contributed by atoms with Gasteiger partial charge >= 0.3 is 5.97 Å². The molecule has 1 aliphatic carbocycles. The molecule has 1 aliphatic rings. The highest BCUT2D eigenvalue weighted by atomic mass is 35.5. The van der Waals surface area contributed by atoms with Gasteiger partial charge in [0, 0.05) is 5.56 Å². The van der Waals surface area contributed by atoms with Crippen LogP contribution in [0.4, 0.5) is 5.82 Å². The largest absolute Gasteiger partial charge is 0.497 e. The first-order valence-corrected chi connectivity index (χ1v) is 11.7. The normalized spacial score (nSPS) is 13.0. The minimum absolute atomic E-state index is 0.263. The number of benzene rings is 2. The Hall–Kier alpha value is -3.12. The molecule has 0 fully saturated rings. The lowest BCUT2D eigenvalue weighted by atomic mass is 10.0. The van der Waals surface area contributed by atoms with Gasteiger partial charge in [0.15, 0.2) is 5.82 Å². The van der Waals surface area contributed by atoms with Crippen LogP contribution < -0.4 is 10.2 Å². The zero-order chi connectivity index (χ0) is 23.4. The van der Waals surface area contributed by atoms with Crippen LogP contribution in [0.1, 0.15) is 42.8 Å². The third-order valence-electron chi connectivity index (χ3n) is 5.99. The number of aryl methyl sites for hydroxylation is 2. The molecule has 0 spiro atoms. The summed E-state index contributed by atoms with van der Waals surface area (Å²) in [5.41, 5.74) is 8.40. The molecule has 0 saturated carbocycles. The van der Waals surface area contributed by atoms with Crippen LogP contribution in [0, 0.1) is 5.92 Å². The summed E-state index contributed by atoms with van der Waals surface area (Å²) in [6, 6.07) is 13.8. The second-order valence-corrected chi connectivity index (χ2v) is 8.60. The lowest BCUT2D eigenvalue weighted by Crippen LogP contribution is -2.17. The van der Waals surface area contributed by atoms with E-state index in [9.17, 15) is 4.79 Å². The summed E-state index contributed by atoms with van der Waals surface area (Å²) in [6.45, 7) is 3.99. The molecule has 0 unspecified atom stereocenters. The Morgan fingerprint density at radius 3 is 2.36 bits per heavy atom. The summed E-state index contributed by atoms with van der Waals surface area (Å²) in [5.74, 6) is 1.11. The summed E-state index contributed by atoms with van der Waals surface area (Å²) in [6.07, 6.45) is 3.44. The topological polar surface area (TPSA) is 73.3 Å². The highest BCUT2D eigenvalue weighted by Gasteiger charge is 2.24. The van der Waals surface area contributed by atoms with Crippen LogP contribution in [-0.4, -0.2) is 23.0 Å². The molecular weight excluding hydrogens is 438 g/mol. The molecule has 1 heterocycles. The molecule has 0 radical (unpaired) electrons. The first-order valence-electron chi connectivity index (χ1n) is 11.3. The minimum atomic E-state index is -0.294. The van der Waals surface area contributed by atoms with Gasteiger partial charge < -0.3 is 9.57 Å². The lowest BCUT2D eigenvalue weighted by molar-refractivity contribution is -0.141. The molecule has 1 aromatic heterocycles. The van der Waals surface area contributed by atoms with E-state index in [-0.39, 0.29) is 11.9 Å². The summed E-state index contributed by atoms with van der Waals surface area (Å²) in [5, 5.41) is 0.546. The quantitative estimate of drug-likeness (QED) is 0.436. The Kier molecular flexibility index (Phi) is 7.14. The number of fused-ring (bicyclic) bond motifs is 1. The number of hydrogen-bond acceptors (Lipinski definition) is 6. The van der Waals surface area contributed by atoms with Crippen LogP contribution in [0.15, 0.2) is 42.5 Å². The van der Waals surface area contributed by atoms with Crippen LogP contribution in [0.3, 0.4) is 0 Å². The van der Waals surface area contributed by atoms with Crippen molar-refractivity contribution in [2.24, 2.45) is 5.92 Å². The monoisotopic (exact) mass is 465 g/mol. The summed E-state index contributed by atoms with van der Waals surface area (Å²) < 4.78 is 5.25. The molecule has 0 amide bonds. The van der Waals surface area contributed by atoms with Gasteiger partial charge in [-0.25, -0.2) is 14.8 Å². The van der Waals surface area contributed by atoms with E-state index in [1.807, 2.05) is 38.1 Å². The van der Waals surface area contributed by atoms with Gasteiger partial charge in [0.05, 0.1) is 35.6 Å². The molecule has 1 N–H and O–H groups in total. The van der Waals surface area contributed by atoms with Crippen LogP contribution in [-0.2, 0) is 35.3 Å². The molecule has 7 heteroatoms. The lowest BCUT2D eigenvalue weighted by Gasteiger charge is -2.16. The van der Waals surface area contributed by atoms with Crippen LogP contribution in [0.5, 0.6) is 5.75 Å². The highest BCUT2D eigenvalue weighted by Crippen LogP contribution is 2.33. The summed E-state index contributed by atoms with van der Waals surface area (Å²) in [7, 11) is 1.60. The number of methoxy groups -OCH3 is 1. The van der Waals surface area contributed by atoms with Gasteiger partial charge in [0.25, 0.3) is 0 Å². The number of anilines is 1. The van der Waals surface area contributed by atoms with Crippen LogP contribution in [0.2, 0.25) is 5.02 Å². The van der Waals surface area contributed by atoms with Crippen molar-refractivity contribution in [3.8, 4) is 17.0 Å². The Labute approximate surface area is 199 Å². The SMILES string of the molecule is CCc1nc(-c2ccc(OC)cc2Cl)c(CC)nc1NOC(=O)CC1Cc2ccccc2C1. The third-order valence-corrected chi connectivity index (χ3v) is 6.31. The van der Waals surface area contributed by atoms with Gasteiger partial charge in [0.1, 0.15) is 5.75 Å². The minimum Gasteiger partial charge on any atom is -0.497 e. The number of hydrogen-bond donors (Lipinski definition) is 1. The Morgan fingerprint density at radius 2 is 1.76 bits per heavy atom. The Balaban J connectivity index is 1.47. The van der Waals surface area contributed by atoms with Crippen molar-refractivity contribution in [1.82, 2.24) is 9.97 Å². The van der Waals surface area contributed by atoms with Crippen molar-refractivity contribution in [3.05, 3.63) is 70.0 Å². The van der Waals surface area contributed by atoms with Gasteiger partial charge in [-0.1, -0.05) is 49.7 Å². The van der Waals surface area contributed by atoms with E-state index in [1.54, 1.807) is 13.2 Å². The number of nitrogens with one attached hydrogen (secondary N) is 1. The standard InChI is InChI=1S/C26H28ClN3O3/c1-4-22-25(20-11-10-19(32-3)15-21(20)27)28-23(5-2)26(29-22)30-33-24(31)14-16-12-17-8-6-7-9-18(17)13-16/h6-11,15-16H,4-5,12-14H2,1-3H3,(H,29,30). The summed E-state index contributed by atoms with van der Waals surface area (Å²) in [4.78, 5) is 27.4. The van der Waals surface area contributed by atoms with E-state index in [4.69, 9.17) is 31.1 Å². The van der Waals surface area contributed by atoms with E-state index in [1.165, 1.54) is 11.1 Å². The van der Waals surface area contributed by atoms with Crippen molar-refractivity contribution in [2.45, 2.75) is 46.0 Å². The van der Waals surface area contributed by atoms with Crippen molar-refractivity contribution >= 4 is 23.4 Å². The fourth-order valence-electron chi connectivity index (χ4n) is 4.29. The maximum Gasteiger partial charge on any atom is 0.332 e. The third kappa shape index (κ3) is 5.11.